The summed E-state index contributed by atoms with van der Waals surface area (Å²) in [7, 11) is 0. The predicted molar refractivity (Wildman–Crippen MR) is 73.3 cm³/mol. The molecule has 1 aliphatic heterocycles. The molecule has 1 heterocycles. The molecule has 0 bridgehead atoms. The van der Waals surface area contributed by atoms with Crippen molar-refractivity contribution in [3.05, 3.63) is 28.5 Å². The fourth-order valence-electron chi connectivity index (χ4n) is 2.05. The Bertz CT molecular complexity index is 560. The van der Waals surface area contributed by atoms with Gasteiger partial charge in [-0.15, -0.1) is 0 Å². The molecule has 0 radical (unpaired) electrons. The number of hydrogen-bond donors (Lipinski definition) is 1. The van der Waals surface area contributed by atoms with Crippen LogP contribution in [-0.2, 0) is 9.59 Å². The number of carbonyl (C=O) groups excluding carboxylic acids is 2. The van der Waals surface area contributed by atoms with Crippen LogP contribution in [0.2, 0.25) is 0 Å². The van der Waals surface area contributed by atoms with Crippen LogP contribution in [0.15, 0.2) is 22.7 Å². The number of hydrogen-bond acceptors (Lipinski definition) is 2. The maximum absolute atomic E-state index is 13.9. The van der Waals surface area contributed by atoms with Gasteiger partial charge in [0, 0.05) is 4.47 Å². The summed E-state index contributed by atoms with van der Waals surface area (Å²) in [6.45, 7) is 4.77. The molecule has 2 amide bonds. The van der Waals surface area contributed by atoms with E-state index in [0.29, 0.717) is 4.47 Å². The molecule has 102 valence electrons. The van der Waals surface area contributed by atoms with E-state index in [1.54, 1.807) is 26.8 Å². The molecule has 1 saturated heterocycles. The summed E-state index contributed by atoms with van der Waals surface area (Å²) < 4.78 is 14.6. The number of rotatable bonds is 1. The zero-order valence-electron chi connectivity index (χ0n) is 10.8. The molecule has 4 nitrogen and oxygen atoms in total. The minimum Gasteiger partial charge on any atom is -0.340 e. The third-order valence-corrected chi connectivity index (χ3v) is 3.62. The molecule has 0 spiro atoms. The lowest BCUT2D eigenvalue weighted by Crippen LogP contribution is -2.67. The van der Waals surface area contributed by atoms with Crippen molar-refractivity contribution < 1.29 is 14.0 Å². The molecular weight excluding hydrogens is 315 g/mol. The number of carbonyl (C=O) groups is 2. The highest BCUT2D eigenvalue weighted by atomic mass is 79.9. The van der Waals surface area contributed by atoms with E-state index >= 15 is 0 Å². The Morgan fingerprint density at radius 1 is 1.37 bits per heavy atom. The Hall–Kier alpha value is -1.43. The van der Waals surface area contributed by atoms with Crippen molar-refractivity contribution in [3.63, 3.8) is 0 Å². The van der Waals surface area contributed by atoms with Gasteiger partial charge >= 0.3 is 0 Å². The Labute approximate surface area is 119 Å². The summed E-state index contributed by atoms with van der Waals surface area (Å²) >= 11 is 3.24. The number of halogens is 2. The van der Waals surface area contributed by atoms with Gasteiger partial charge in [-0.1, -0.05) is 15.9 Å². The van der Waals surface area contributed by atoms with Gasteiger partial charge in [0.25, 0.3) is 5.91 Å². The minimum atomic E-state index is -1.04. The van der Waals surface area contributed by atoms with Gasteiger partial charge in [0.15, 0.2) is 0 Å². The molecule has 1 aliphatic rings. The lowest BCUT2D eigenvalue weighted by atomic mass is 9.96. The first-order chi connectivity index (χ1) is 8.74. The third-order valence-electron chi connectivity index (χ3n) is 3.12. The quantitative estimate of drug-likeness (QED) is 0.859. The monoisotopic (exact) mass is 328 g/mol. The van der Waals surface area contributed by atoms with E-state index in [1.165, 1.54) is 17.0 Å². The van der Waals surface area contributed by atoms with Crippen LogP contribution >= 0.6 is 15.9 Å². The van der Waals surface area contributed by atoms with Crippen molar-refractivity contribution >= 4 is 33.4 Å². The number of nitrogens with zero attached hydrogens (tertiary/aromatic N) is 1. The smallest absolute Gasteiger partial charge is 0.252 e. The fraction of sp³-hybridized carbons (Fsp3) is 0.385. The van der Waals surface area contributed by atoms with Gasteiger partial charge in [0.2, 0.25) is 5.91 Å². The molecular formula is C13H14BrFN2O2. The Morgan fingerprint density at radius 3 is 2.63 bits per heavy atom. The van der Waals surface area contributed by atoms with Crippen molar-refractivity contribution in [3.8, 4) is 0 Å². The lowest BCUT2D eigenvalue weighted by molar-refractivity contribution is -0.136. The molecule has 1 atom stereocenters. The first-order valence-electron chi connectivity index (χ1n) is 5.85. The largest absolute Gasteiger partial charge is 0.340 e. The average molecular weight is 329 g/mol. The summed E-state index contributed by atoms with van der Waals surface area (Å²) in [4.78, 5) is 25.5. The topological polar surface area (TPSA) is 49.4 Å². The molecule has 0 saturated carbocycles. The van der Waals surface area contributed by atoms with E-state index in [4.69, 9.17) is 0 Å². The molecule has 1 fully saturated rings. The summed E-state index contributed by atoms with van der Waals surface area (Å²) in [5.41, 5.74) is -0.937. The number of nitrogens with one attached hydrogen (secondary N) is 1. The van der Waals surface area contributed by atoms with Gasteiger partial charge in [0.1, 0.15) is 17.4 Å². The SMILES string of the molecule is CC1C(=O)NC(C)(C)C(=O)N1c1cc(Br)ccc1F. The van der Waals surface area contributed by atoms with Crippen LogP contribution in [0, 0.1) is 5.82 Å². The highest BCUT2D eigenvalue weighted by molar-refractivity contribution is 9.10. The maximum atomic E-state index is 13.9. The van der Waals surface area contributed by atoms with Crippen molar-refractivity contribution in [2.45, 2.75) is 32.4 Å². The van der Waals surface area contributed by atoms with Crippen molar-refractivity contribution in [2.24, 2.45) is 0 Å². The van der Waals surface area contributed by atoms with E-state index < -0.39 is 17.4 Å². The van der Waals surface area contributed by atoms with E-state index in [2.05, 4.69) is 21.2 Å². The fourth-order valence-corrected chi connectivity index (χ4v) is 2.40. The number of anilines is 1. The van der Waals surface area contributed by atoms with Gasteiger partial charge in [-0.2, -0.15) is 0 Å². The standard InChI is InChI=1S/C13H14BrFN2O2/c1-7-11(18)16-13(2,3)12(19)17(7)10-6-8(14)4-5-9(10)15/h4-7H,1-3H3,(H,16,18). The summed E-state index contributed by atoms with van der Waals surface area (Å²) in [5.74, 6) is -1.17. The molecule has 1 unspecified atom stereocenters. The average Bonchev–Trinajstić information content (AvgIpc) is 2.31. The molecule has 0 aliphatic carbocycles. The summed E-state index contributed by atoms with van der Waals surface area (Å²) in [5, 5.41) is 2.62. The summed E-state index contributed by atoms with van der Waals surface area (Å²) in [6, 6.07) is 3.56. The second-order valence-electron chi connectivity index (χ2n) is 5.06. The number of amides is 2. The molecule has 1 N–H and O–H groups in total. The zero-order chi connectivity index (χ0) is 14.4. The van der Waals surface area contributed by atoms with E-state index in [1.807, 2.05) is 0 Å². The molecule has 2 rings (SSSR count). The second kappa shape index (κ2) is 4.59. The minimum absolute atomic E-state index is 0.106. The van der Waals surface area contributed by atoms with Gasteiger partial charge in [-0.3, -0.25) is 14.5 Å². The first-order valence-corrected chi connectivity index (χ1v) is 6.64. The number of benzene rings is 1. The van der Waals surface area contributed by atoms with Crippen LogP contribution in [-0.4, -0.2) is 23.4 Å². The van der Waals surface area contributed by atoms with E-state index in [0.717, 1.165) is 0 Å². The van der Waals surface area contributed by atoms with E-state index in [-0.39, 0.29) is 17.5 Å². The summed E-state index contributed by atoms with van der Waals surface area (Å²) in [6.07, 6.45) is 0. The van der Waals surface area contributed by atoms with Crippen LogP contribution in [0.3, 0.4) is 0 Å². The van der Waals surface area contributed by atoms with Crippen LogP contribution < -0.4 is 10.2 Å². The van der Waals surface area contributed by atoms with Crippen molar-refractivity contribution in [1.29, 1.82) is 0 Å². The Kier molecular flexibility index (Phi) is 3.38. The molecule has 6 heteroatoms. The highest BCUT2D eigenvalue weighted by Gasteiger charge is 2.44. The van der Waals surface area contributed by atoms with Gasteiger partial charge in [0.05, 0.1) is 5.69 Å². The van der Waals surface area contributed by atoms with Gasteiger partial charge in [-0.05, 0) is 39.0 Å². The Balaban J connectivity index is 2.54. The Morgan fingerprint density at radius 2 is 2.00 bits per heavy atom. The number of piperazine rings is 1. The van der Waals surface area contributed by atoms with Crippen molar-refractivity contribution in [1.82, 2.24) is 5.32 Å². The van der Waals surface area contributed by atoms with Crippen LogP contribution in [0.25, 0.3) is 0 Å². The zero-order valence-corrected chi connectivity index (χ0v) is 12.4. The normalized spacial score (nSPS) is 22.4. The molecule has 0 aromatic heterocycles. The first kappa shape index (κ1) is 14.0. The highest BCUT2D eigenvalue weighted by Crippen LogP contribution is 2.30. The van der Waals surface area contributed by atoms with Crippen LogP contribution in [0.1, 0.15) is 20.8 Å². The van der Waals surface area contributed by atoms with Crippen molar-refractivity contribution in [2.75, 3.05) is 4.90 Å². The maximum Gasteiger partial charge on any atom is 0.252 e. The molecule has 1 aromatic rings. The van der Waals surface area contributed by atoms with Crippen LogP contribution in [0.4, 0.5) is 10.1 Å². The predicted octanol–water partition coefficient (Wildman–Crippen LogP) is 2.22. The molecule has 19 heavy (non-hydrogen) atoms. The van der Waals surface area contributed by atoms with Crippen LogP contribution in [0.5, 0.6) is 0 Å². The molecule has 1 aromatic carbocycles. The van der Waals surface area contributed by atoms with Gasteiger partial charge < -0.3 is 5.32 Å². The third kappa shape index (κ3) is 2.36. The van der Waals surface area contributed by atoms with Gasteiger partial charge in [-0.25, -0.2) is 4.39 Å². The second-order valence-corrected chi connectivity index (χ2v) is 5.98. The lowest BCUT2D eigenvalue weighted by Gasteiger charge is -2.41. The van der Waals surface area contributed by atoms with E-state index in [9.17, 15) is 14.0 Å².